The lowest BCUT2D eigenvalue weighted by molar-refractivity contribution is 0.256. The van der Waals surface area contributed by atoms with Crippen LogP contribution in [0.1, 0.15) is 46.5 Å². The van der Waals surface area contributed by atoms with E-state index >= 15 is 0 Å². The quantitative estimate of drug-likeness (QED) is 0.630. The summed E-state index contributed by atoms with van der Waals surface area (Å²) < 4.78 is 5.69. The average Bonchev–Trinajstić information content (AvgIpc) is 2.73. The highest BCUT2D eigenvalue weighted by molar-refractivity contribution is 5.82. The number of hydrogen-bond donors (Lipinski definition) is 0. The fourth-order valence-electron chi connectivity index (χ4n) is 2.38. The second kappa shape index (κ2) is 3.56. The van der Waals surface area contributed by atoms with Crippen LogP contribution in [0.2, 0.25) is 0 Å². The third-order valence-electron chi connectivity index (χ3n) is 3.26. The maximum atomic E-state index is 5.69. The Hall–Kier alpha value is -0.530. The van der Waals surface area contributed by atoms with Crippen LogP contribution in [0.3, 0.4) is 0 Å². The molecule has 1 atom stereocenters. The largest absolute Gasteiger partial charge is 0.478 e. The van der Waals surface area contributed by atoms with Gasteiger partial charge in [-0.2, -0.15) is 0 Å². The van der Waals surface area contributed by atoms with Crippen LogP contribution in [-0.2, 0) is 4.74 Å². The molecule has 0 aromatic heterocycles. The SMILES string of the molecule is CC(C)(C)C1=N[C@H](C2CCCC2)CO1. The molecular formula is C12H21NO. The fourth-order valence-corrected chi connectivity index (χ4v) is 2.38. The predicted octanol–water partition coefficient (Wildman–Crippen LogP) is 3.02. The van der Waals surface area contributed by atoms with Crippen molar-refractivity contribution < 1.29 is 4.74 Å². The van der Waals surface area contributed by atoms with E-state index in [2.05, 4.69) is 20.8 Å². The van der Waals surface area contributed by atoms with E-state index in [1.54, 1.807) is 0 Å². The summed E-state index contributed by atoms with van der Waals surface area (Å²) >= 11 is 0. The second-order valence-corrected chi connectivity index (χ2v) is 5.61. The van der Waals surface area contributed by atoms with E-state index in [1.807, 2.05) is 0 Å². The van der Waals surface area contributed by atoms with Gasteiger partial charge >= 0.3 is 0 Å². The van der Waals surface area contributed by atoms with E-state index in [0.717, 1.165) is 18.4 Å². The van der Waals surface area contributed by atoms with Crippen molar-refractivity contribution in [2.75, 3.05) is 6.61 Å². The van der Waals surface area contributed by atoms with Crippen LogP contribution >= 0.6 is 0 Å². The molecule has 1 heterocycles. The highest BCUT2D eigenvalue weighted by Crippen LogP contribution is 2.33. The van der Waals surface area contributed by atoms with Gasteiger partial charge < -0.3 is 4.74 Å². The number of ether oxygens (including phenoxy) is 1. The first-order valence-corrected chi connectivity index (χ1v) is 5.78. The topological polar surface area (TPSA) is 21.6 Å². The van der Waals surface area contributed by atoms with Gasteiger partial charge in [0.15, 0.2) is 5.90 Å². The van der Waals surface area contributed by atoms with Gasteiger partial charge in [-0.3, -0.25) is 0 Å². The Balaban J connectivity index is 2.01. The molecule has 0 N–H and O–H groups in total. The van der Waals surface area contributed by atoms with Crippen LogP contribution in [0, 0.1) is 11.3 Å². The van der Waals surface area contributed by atoms with Gasteiger partial charge in [-0.25, -0.2) is 4.99 Å². The van der Waals surface area contributed by atoms with Crippen molar-refractivity contribution in [1.82, 2.24) is 0 Å². The minimum Gasteiger partial charge on any atom is -0.478 e. The molecule has 0 unspecified atom stereocenters. The molecule has 0 bridgehead atoms. The van der Waals surface area contributed by atoms with Crippen LogP contribution in [-0.4, -0.2) is 18.5 Å². The molecule has 2 aliphatic rings. The van der Waals surface area contributed by atoms with Crippen molar-refractivity contribution in [1.29, 1.82) is 0 Å². The lowest BCUT2D eigenvalue weighted by Crippen LogP contribution is -2.20. The maximum Gasteiger partial charge on any atom is 0.189 e. The Bertz CT molecular complexity index is 233. The zero-order valence-electron chi connectivity index (χ0n) is 9.55. The van der Waals surface area contributed by atoms with Crippen LogP contribution in [0.5, 0.6) is 0 Å². The molecule has 1 fully saturated rings. The zero-order chi connectivity index (χ0) is 10.2. The maximum absolute atomic E-state index is 5.69. The van der Waals surface area contributed by atoms with Crippen molar-refractivity contribution in [2.24, 2.45) is 16.3 Å². The molecule has 2 heteroatoms. The molecule has 0 aromatic rings. The molecule has 80 valence electrons. The minimum atomic E-state index is 0.0906. The summed E-state index contributed by atoms with van der Waals surface area (Å²) in [5, 5.41) is 0. The van der Waals surface area contributed by atoms with Gasteiger partial charge in [0.05, 0.1) is 6.04 Å². The van der Waals surface area contributed by atoms with Gasteiger partial charge in [0, 0.05) is 5.41 Å². The average molecular weight is 195 g/mol. The Morgan fingerprint density at radius 3 is 2.36 bits per heavy atom. The molecule has 1 aliphatic heterocycles. The van der Waals surface area contributed by atoms with Crippen molar-refractivity contribution in [2.45, 2.75) is 52.5 Å². The molecule has 0 spiro atoms. The number of hydrogen-bond acceptors (Lipinski definition) is 2. The van der Waals surface area contributed by atoms with Gasteiger partial charge in [-0.05, 0) is 18.8 Å². The molecule has 2 nitrogen and oxygen atoms in total. The first-order valence-electron chi connectivity index (χ1n) is 5.78. The normalized spacial score (nSPS) is 29.1. The minimum absolute atomic E-state index is 0.0906. The number of rotatable bonds is 1. The van der Waals surface area contributed by atoms with E-state index < -0.39 is 0 Å². The van der Waals surface area contributed by atoms with Crippen molar-refractivity contribution >= 4 is 5.90 Å². The molecule has 0 saturated heterocycles. The highest BCUT2D eigenvalue weighted by atomic mass is 16.5. The summed E-state index contributed by atoms with van der Waals surface area (Å²) in [5.74, 6) is 1.77. The highest BCUT2D eigenvalue weighted by Gasteiger charge is 2.33. The summed E-state index contributed by atoms with van der Waals surface area (Å²) in [6.07, 6.45) is 5.49. The predicted molar refractivity (Wildman–Crippen MR) is 58.6 cm³/mol. The van der Waals surface area contributed by atoms with Crippen LogP contribution in [0.25, 0.3) is 0 Å². The Morgan fingerprint density at radius 2 is 1.86 bits per heavy atom. The fraction of sp³-hybridized carbons (Fsp3) is 0.917. The van der Waals surface area contributed by atoms with Gasteiger partial charge in [0.25, 0.3) is 0 Å². The molecule has 0 amide bonds. The van der Waals surface area contributed by atoms with E-state index in [9.17, 15) is 0 Å². The van der Waals surface area contributed by atoms with Crippen molar-refractivity contribution in [3.63, 3.8) is 0 Å². The van der Waals surface area contributed by atoms with E-state index in [1.165, 1.54) is 25.7 Å². The lowest BCUT2D eigenvalue weighted by Gasteiger charge is -2.16. The summed E-state index contributed by atoms with van der Waals surface area (Å²) in [7, 11) is 0. The summed E-state index contributed by atoms with van der Waals surface area (Å²) in [4.78, 5) is 4.74. The number of aliphatic imine (C=N–C) groups is 1. The summed E-state index contributed by atoms with van der Waals surface area (Å²) in [6.45, 7) is 7.34. The van der Waals surface area contributed by atoms with Crippen LogP contribution < -0.4 is 0 Å². The van der Waals surface area contributed by atoms with Crippen molar-refractivity contribution in [3.05, 3.63) is 0 Å². The standard InChI is InChI=1S/C12H21NO/c1-12(2,3)11-13-10(8-14-11)9-6-4-5-7-9/h9-10H,4-8H2,1-3H3/t10-/m0/s1. The van der Waals surface area contributed by atoms with E-state index in [0.29, 0.717) is 6.04 Å². The molecule has 2 rings (SSSR count). The van der Waals surface area contributed by atoms with Crippen LogP contribution in [0.4, 0.5) is 0 Å². The third-order valence-corrected chi connectivity index (χ3v) is 3.26. The van der Waals surface area contributed by atoms with E-state index in [4.69, 9.17) is 9.73 Å². The Kier molecular flexibility index (Phi) is 2.54. The molecule has 1 aliphatic carbocycles. The van der Waals surface area contributed by atoms with Gasteiger partial charge in [-0.1, -0.05) is 33.6 Å². The lowest BCUT2D eigenvalue weighted by atomic mass is 9.96. The van der Waals surface area contributed by atoms with Crippen LogP contribution in [0.15, 0.2) is 4.99 Å². The van der Waals surface area contributed by atoms with Gasteiger partial charge in [0.1, 0.15) is 6.61 Å². The zero-order valence-corrected chi connectivity index (χ0v) is 9.55. The molecular weight excluding hydrogens is 174 g/mol. The number of nitrogens with zero attached hydrogens (tertiary/aromatic N) is 1. The summed E-state index contributed by atoms with van der Waals surface area (Å²) in [6, 6.07) is 0.465. The molecule has 0 aromatic carbocycles. The molecule has 0 radical (unpaired) electrons. The smallest absolute Gasteiger partial charge is 0.189 e. The van der Waals surface area contributed by atoms with Crippen molar-refractivity contribution in [3.8, 4) is 0 Å². The van der Waals surface area contributed by atoms with Gasteiger partial charge in [0.2, 0.25) is 0 Å². The van der Waals surface area contributed by atoms with E-state index in [-0.39, 0.29) is 5.41 Å². The third kappa shape index (κ3) is 1.94. The monoisotopic (exact) mass is 195 g/mol. The Labute approximate surface area is 86.8 Å². The first kappa shape index (κ1) is 10.0. The second-order valence-electron chi connectivity index (χ2n) is 5.61. The Morgan fingerprint density at radius 1 is 1.21 bits per heavy atom. The summed E-state index contributed by atoms with van der Waals surface area (Å²) in [5.41, 5.74) is 0.0906. The molecule has 1 saturated carbocycles. The molecule has 14 heavy (non-hydrogen) atoms. The van der Waals surface area contributed by atoms with Gasteiger partial charge in [-0.15, -0.1) is 0 Å². The first-order chi connectivity index (χ1) is 6.57.